The van der Waals surface area contributed by atoms with Gasteiger partial charge in [-0.25, -0.2) is 8.42 Å². The van der Waals surface area contributed by atoms with Crippen LogP contribution in [0.2, 0.25) is 0 Å². The number of nitrogens with one attached hydrogen (secondary N) is 2. The van der Waals surface area contributed by atoms with E-state index in [0.717, 1.165) is 0 Å². The molecule has 0 spiro atoms. The van der Waals surface area contributed by atoms with Gasteiger partial charge in [-0.3, -0.25) is 4.79 Å². The maximum absolute atomic E-state index is 11.9. The molecule has 0 bridgehead atoms. The summed E-state index contributed by atoms with van der Waals surface area (Å²) < 4.78 is 23.0. The number of amides is 1. The van der Waals surface area contributed by atoms with Gasteiger partial charge in [-0.05, 0) is 17.8 Å². The first kappa shape index (κ1) is 17.4. The fourth-order valence-electron chi connectivity index (χ4n) is 2.77. The fourth-order valence-corrected chi connectivity index (χ4v) is 4.21. The van der Waals surface area contributed by atoms with E-state index in [1.807, 2.05) is 0 Å². The summed E-state index contributed by atoms with van der Waals surface area (Å²) >= 11 is 0. The normalized spacial score (nSPS) is 22.4. The standard InChI is InChI=1S/C14H28N2O3S/c1-10(2)13(11(3)4)8-16-14(17)7-12-9-20(18,19)6-5-15-12/h10-13,15H,5-9H2,1-4H3,(H,16,17). The molecule has 0 radical (unpaired) electrons. The third-order valence-corrected chi connectivity index (χ3v) is 5.72. The minimum Gasteiger partial charge on any atom is -0.356 e. The van der Waals surface area contributed by atoms with Crippen LogP contribution in [0.4, 0.5) is 0 Å². The van der Waals surface area contributed by atoms with E-state index in [4.69, 9.17) is 0 Å². The highest BCUT2D eigenvalue weighted by atomic mass is 32.2. The van der Waals surface area contributed by atoms with Crippen molar-refractivity contribution in [1.82, 2.24) is 10.6 Å². The first-order valence-electron chi connectivity index (χ1n) is 7.41. The Kier molecular flexibility index (Phi) is 6.45. The Morgan fingerprint density at radius 1 is 1.25 bits per heavy atom. The molecule has 5 nitrogen and oxygen atoms in total. The van der Waals surface area contributed by atoms with Gasteiger partial charge in [-0.2, -0.15) is 0 Å². The topological polar surface area (TPSA) is 75.3 Å². The smallest absolute Gasteiger partial charge is 0.221 e. The van der Waals surface area contributed by atoms with Gasteiger partial charge >= 0.3 is 0 Å². The van der Waals surface area contributed by atoms with E-state index >= 15 is 0 Å². The van der Waals surface area contributed by atoms with Gasteiger partial charge < -0.3 is 10.6 Å². The highest BCUT2D eigenvalue weighted by molar-refractivity contribution is 7.91. The molecule has 0 aromatic heterocycles. The van der Waals surface area contributed by atoms with E-state index in [1.54, 1.807) is 0 Å². The SMILES string of the molecule is CC(C)C(CNC(=O)CC1CS(=O)(=O)CCN1)C(C)C. The van der Waals surface area contributed by atoms with Crippen LogP contribution in [0.1, 0.15) is 34.1 Å². The number of hydrogen-bond acceptors (Lipinski definition) is 4. The molecule has 0 aliphatic carbocycles. The van der Waals surface area contributed by atoms with Crippen LogP contribution in [-0.4, -0.2) is 45.0 Å². The Morgan fingerprint density at radius 3 is 2.35 bits per heavy atom. The van der Waals surface area contributed by atoms with Crippen molar-refractivity contribution in [2.45, 2.75) is 40.2 Å². The number of rotatable bonds is 6. The second-order valence-electron chi connectivity index (χ2n) is 6.43. The molecule has 1 heterocycles. The Hall–Kier alpha value is -0.620. The Morgan fingerprint density at radius 2 is 1.85 bits per heavy atom. The van der Waals surface area contributed by atoms with Crippen LogP contribution in [0.3, 0.4) is 0 Å². The molecule has 1 atom stereocenters. The van der Waals surface area contributed by atoms with Gasteiger partial charge in [0.2, 0.25) is 5.91 Å². The molecule has 1 amide bonds. The lowest BCUT2D eigenvalue weighted by Gasteiger charge is -2.26. The van der Waals surface area contributed by atoms with Gasteiger partial charge in [0, 0.05) is 25.6 Å². The van der Waals surface area contributed by atoms with Crippen molar-refractivity contribution in [1.29, 1.82) is 0 Å². The van der Waals surface area contributed by atoms with Crippen LogP contribution in [0.15, 0.2) is 0 Å². The molecule has 1 rings (SSSR count). The van der Waals surface area contributed by atoms with Crippen molar-refractivity contribution < 1.29 is 13.2 Å². The summed E-state index contributed by atoms with van der Waals surface area (Å²) in [4.78, 5) is 11.9. The van der Waals surface area contributed by atoms with E-state index in [-0.39, 0.29) is 29.9 Å². The first-order valence-corrected chi connectivity index (χ1v) is 9.24. The lowest BCUT2D eigenvalue weighted by molar-refractivity contribution is -0.121. The molecule has 1 saturated heterocycles. The second-order valence-corrected chi connectivity index (χ2v) is 8.65. The maximum Gasteiger partial charge on any atom is 0.221 e. The number of hydrogen-bond donors (Lipinski definition) is 2. The average molecular weight is 304 g/mol. The second kappa shape index (κ2) is 7.41. The minimum absolute atomic E-state index is 0.0640. The van der Waals surface area contributed by atoms with Crippen molar-refractivity contribution in [3.63, 3.8) is 0 Å². The monoisotopic (exact) mass is 304 g/mol. The van der Waals surface area contributed by atoms with E-state index in [0.29, 0.717) is 30.8 Å². The molecule has 1 aliphatic heterocycles. The van der Waals surface area contributed by atoms with Gasteiger partial charge in [0.15, 0.2) is 9.84 Å². The molecular weight excluding hydrogens is 276 g/mol. The van der Waals surface area contributed by atoms with Crippen molar-refractivity contribution in [2.24, 2.45) is 17.8 Å². The minimum atomic E-state index is -2.98. The molecule has 0 aromatic rings. The van der Waals surface area contributed by atoms with E-state index in [2.05, 4.69) is 38.3 Å². The van der Waals surface area contributed by atoms with Crippen LogP contribution in [0.5, 0.6) is 0 Å². The van der Waals surface area contributed by atoms with Crippen molar-refractivity contribution >= 4 is 15.7 Å². The highest BCUT2D eigenvalue weighted by Gasteiger charge is 2.26. The summed E-state index contributed by atoms with van der Waals surface area (Å²) in [6, 6.07) is -0.245. The number of carbonyl (C=O) groups is 1. The zero-order valence-corrected chi connectivity index (χ0v) is 13.8. The molecule has 1 aliphatic rings. The zero-order valence-electron chi connectivity index (χ0n) is 13.0. The van der Waals surface area contributed by atoms with Crippen LogP contribution < -0.4 is 10.6 Å². The van der Waals surface area contributed by atoms with Crippen molar-refractivity contribution in [3.05, 3.63) is 0 Å². The summed E-state index contributed by atoms with van der Waals surface area (Å²) in [5, 5.41) is 6.05. The van der Waals surface area contributed by atoms with Gasteiger partial charge in [0.05, 0.1) is 11.5 Å². The van der Waals surface area contributed by atoms with E-state index in [1.165, 1.54) is 0 Å². The molecule has 1 fully saturated rings. The number of sulfone groups is 1. The predicted octanol–water partition coefficient (Wildman–Crippen LogP) is 0.808. The summed E-state index contributed by atoms with van der Waals surface area (Å²) in [6.45, 7) is 9.74. The Labute approximate surface area is 122 Å². The van der Waals surface area contributed by atoms with Crippen LogP contribution >= 0.6 is 0 Å². The summed E-state index contributed by atoms with van der Waals surface area (Å²) in [5.41, 5.74) is 0. The maximum atomic E-state index is 11.9. The first-order chi connectivity index (χ1) is 9.21. The lowest BCUT2D eigenvalue weighted by atomic mass is 9.85. The van der Waals surface area contributed by atoms with Crippen molar-refractivity contribution in [2.75, 3.05) is 24.6 Å². The average Bonchev–Trinajstić information content (AvgIpc) is 2.26. The third kappa shape index (κ3) is 5.79. The largest absolute Gasteiger partial charge is 0.356 e. The summed E-state index contributed by atoms with van der Waals surface area (Å²) in [7, 11) is -2.98. The van der Waals surface area contributed by atoms with Gasteiger partial charge in [0.25, 0.3) is 0 Å². The fraction of sp³-hybridized carbons (Fsp3) is 0.929. The lowest BCUT2D eigenvalue weighted by Crippen LogP contribution is -2.47. The Bertz CT molecular complexity index is 410. The quantitative estimate of drug-likeness (QED) is 0.761. The molecule has 0 aromatic carbocycles. The van der Waals surface area contributed by atoms with Crippen molar-refractivity contribution in [3.8, 4) is 0 Å². The van der Waals surface area contributed by atoms with Gasteiger partial charge in [-0.1, -0.05) is 27.7 Å². The van der Waals surface area contributed by atoms with Gasteiger partial charge in [-0.15, -0.1) is 0 Å². The zero-order chi connectivity index (χ0) is 15.3. The molecule has 1 unspecified atom stereocenters. The molecule has 6 heteroatoms. The highest BCUT2D eigenvalue weighted by Crippen LogP contribution is 2.19. The van der Waals surface area contributed by atoms with Crippen LogP contribution in [0, 0.1) is 17.8 Å². The molecule has 2 N–H and O–H groups in total. The van der Waals surface area contributed by atoms with Crippen LogP contribution in [-0.2, 0) is 14.6 Å². The molecule has 20 heavy (non-hydrogen) atoms. The third-order valence-electron chi connectivity index (χ3n) is 3.98. The Balaban J connectivity index is 2.40. The molecule has 118 valence electrons. The predicted molar refractivity (Wildman–Crippen MR) is 81.2 cm³/mol. The molecule has 0 saturated carbocycles. The van der Waals surface area contributed by atoms with E-state index in [9.17, 15) is 13.2 Å². The number of carbonyl (C=O) groups excluding carboxylic acids is 1. The van der Waals surface area contributed by atoms with Gasteiger partial charge in [0.1, 0.15) is 0 Å². The van der Waals surface area contributed by atoms with Crippen LogP contribution in [0.25, 0.3) is 0 Å². The summed E-state index contributed by atoms with van der Waals surface area (Å²) in [5.74, 6) is 1.66. The molecular formula is C14H28N2O3S. The summed E-state index contributed by atoms with van der Waals surface area (Å²) in [6.07, 6.45) is 0.238. The van der Waals surface area contributed by atoms with E-state index < -0.39 is 9.84 Å².